The molecule has 1 aliphatic carbocycles. The summed E-state index contributed by atoms with van der Waals surface area (Å²) in [5.74, 6) is -0.626. The molecule has 1 aromatic carbocycles. The van der Waals surface area contributed by atoms with Crippen molar-refractivity contribution in [1.29, 1.82) is 0 Å². The van der Waals surface area contributed by atoms with Gasteiger partial charge in [-0.2, -0.15) is 5.10 Å². The van der Waals surface area contributed by atoms with Gasteiger partial charge >= 0.3 is 5.97 Å². The number of hydrogen-bond acceptors (Lipinski definition) is 4. The third kappa shape index (κ3) is 4.09. The smallest absolute Gasteiger partial charge is 0.341 e. The minimum absolute atomic E-state index is 0.0832. The molecule has 6 nitrogen and oxygen atoms in total. The molecule has 1 saturated carbocycles. The number of carboxylic acids is 1. The van der Waals surface area contributed by atoms with E-state index in [4.69, 9.17) is 9.84 Å². The molecule has 0 aromatic heterocycles. The number of carboxylic acid groups (broad SMARTS) is 1. The van der Waals surface area contributed by atoms with Crippen LogP contribution >= 0.6 is 0 Å². The van der Waals surface area contributed by atoms with E-state index in [2.05, 4.69) is 10.5 Å². The zero-order valence-corrected chi connectivity index (χ0v) is 10.2. The van der Waals surface area contributed by atoms with Crippen molar-refractivity contribution < 1.29 is 19.4 Å². The Kier molecular flexibility index (Phi) is 4.12. The molecule has 1 aromatic rings. The summed E-state index contributed by atoms with van der Waals surface area (Å²) in [5.41, 5.74) is 3.05. The van der Waals surface area contributed by atoms with Crippen LogP contribution in [0.4, 0.5) is 0 Å². The first-order valence-corrected chi connectivity index (χ1v) is 5.93. The van der Waals surface area contributed by atoms with Crippen LogP contribution in [0.3, 0.4) is 0 Å². The van der Waals surface area contributed by atoms with Crippen LogP contribution in [0.15, 0.2) is 29.4 Å². The van der Waals surface area contributed by atoms with Crippen molar-refractivity contribution in [3.63, 3.8) is 0 Å². The maximum absolute atomic E-state index is 11.4. The number of hydrogen-bond donors (Lipinski definition) is 2. The third-order valence-corrected chi connectivity index (χ3v) is 2.60. The molecule has 0 unspecified atom stereocenters. The molecule has 6 heteroatoms. The van der Waals surface area contributed by atoms with E-state index in [0.717, 1.165) is 12.8 Å². The lowest BCUT2D eigenvalue weighted by Gasteiger charge is -2.06. The molecule has 19 heavy (non-hydrogen) atoms. The SMILES string of the molecule is O=C(O)COc1ccccc1C=NNC(=O)C1CC1. The Hall–Kier alpha value is -2.37. The number of amides is 1. The van der Waals surface area contributed by atoms with Gasteiger partial charge in [0.15, 0.2) is 6.61 Å². The lowest BCUT2D eigenvalue weighted by atomic mass is 10.2. The van der Waals surface area contributed by atoms with Gasteiger partial charge in [0, 0.05) is 11.5 Å². The fourth-order valence-electron chi connectivity index (χ4n) is 1.46. The van der Waals surface area contributed by atoms with Gasteiger partial charge in [-0.15, -0.1) is 0 Å². The van der Waals surface area contributed by atoms with Crippen molar-refractivity contribution in [2.45, 2.75) is 12.8 Å². The van der Waals surface area contributed by atoms with E-state index in [9.17, 15) is 9.59 Å². The molecule has 2 N–H and O–H groups in total. The highest BCUT2D eigenvalue weighted by Crippen LogP contribution is 2.28. The van der Waals surface area contributed by atoms with Crippen molar-refractivity contribution in [2.75, 3.05) is 6.61 Å². The molecule has 1 amide bonds. The number of hydrazone groups is 1. The summed E-state index contributed by atoms with van der Waals surface area (Å²) in [6.07, 6.45) is 3.27. The second-order valence-electron chi connectivity index (χ2n) is 4.23. The highest BCUT2D eigenvalue weighted by molar-refractivity contribution is 5.86. The predicted molar refractivity (Wildman–Crippen MR) is 68.0 cm³/mol. The van der Waals surface area contributed by atoms with Gasteiger partial charge in [-0.1, -0.05) is 12.1 Å². The Labute approximate surface area is 110 Å². The van der Waals surface area contributed by atoms with Crippen LogP contribution in [0.25, 0.3) is 0 Å². The maximum atomic E-state index is 11.4. The number of carbonyl (C=O) groups is 2. The van der Waals surface area contributed by atoms with Gasteiger partial charge in [0.2, 0.25) is 5.91 Å². The van der Waals surface area contributed by atoms with Gasteiger partial charge in [0.05, 0.1) is 6.21 Å². The molecule has 0 radical (unpaired) electrons. The van der Waals surface area contributed by atoms with Gasteiger partial charge in [-0.05, 0) is 25.0 Å². The van der Waals surface area contributed by atoms with Gasteiger partial charge in [0.25, 0.3) is 0 Å². The third-order valence-electron chi connectivity index (χ3n) is 2.60. The van der Waals surface area contributed by atoms with Crippen LogP contribution in [0.5, 0.6) is 5.75 Å². The largest absolute Gasteiger partial charge is 0.481 e. The van der Waals surface area contributed by atoms with E-state index < -0.39 is 12.6 Å². The summed E-state index contributed by atoms with van der Waals surface area (Å²) in [6.45, 7) is -0.417. The molecule has 1 fully saturated rings. The highest BCUT2D eigenvalue weighted by atomic mass is 16.5. The predicted octanol–water partition coefficient (Wildman–Crippen LogP) is 1.01. The van der Waals surface area contributed by atoms with Crippen LogP contribution < -0.4 is 10.2 Å². The first-order valence-electron chi connectivity index (χ1n) is 5.93. The van der Waals surface area contributed by atoms with Crippen LogP contribution in [-0.2, 0) is 9.59 Å². The van der Waals surface area contributed by atoms with Crippen molar-refractivity contribution in [3.05, 3.63) is 29.8 Å². The van der Waals surface area contributed by atoms with Crippen LogP contribution in [-0.4, -0.2) is 29.8 Å². The van der Waals surface area contributed by atoms with E-state index >= 15 is 0 Å². The highest BCUT2D eigenvalue weighted by Gasteiger charge is 2.29. The molecule has 0 atom stereocenters. The summed E-state index contributed by atoms with van der Waals surface area (Å²) in [6, 6.07) is 6.88. The molecular formula is C13H14N2O4. The molecule has 100 valence electrons. The van der Waals surface area contributed by atoms with Gasteiger partial charge in [-0.25, -0.2) is 10.2 Å². The van der Waals surface area contributed by atoms with Crippen LogP contribution in [0, 0.1) is 5.92 Å². The van der Waals surface area contributed by atoms with Gasteiger partial charge < -0.3 is 9.84 Å². The van der Waals surface area contributed by atoms with Crippen molar-refractivity contribution in [1.82, 2.24) is 5.43 Å². The first kappa shape index (κ1) is 13.1. The van der Waals surface area contributed by atoms with Crippen LogP contribution in [0.2, 0.25) is 0 Å². The Bertz CT molecular complexity index is 509. The van der Waals surface area contributed by atoms with E-state index in [1.807, 2.05) is 0 Å². The molecule has 2 rings (SSSR count). The van der Waals surface area contributed by atoms with Crippen molar-refractivity contribution in [3.8, 4) is 5.75 Å². The second-order valence-corrected chi connectivity index (χ2v) is 4.23. The number of carbonyl (C=O) groups excluding carboxylic acids is 1. The average molecular weight is 262 g/mol. The van der Waals surface area contributed by atoms with E-state index in [1.54, 1.807) is 24.3 Å². The molecule has 0 spiro atoms. The molecule has 0 aliphatic heterocycles. The zero-order valence-electron chi connectivity index (χ0n) is 10.2. The Balaban J connectivity index is 1.95. The number of para-hydroxylation sites is 1. The van der Waals surface area contributed by atoms with E-state index in [0.29, 0.717) is 11.3 Å². The number of benzene rings is 1. The minimum atomic E-state index is -1.05. The lowest BCUT2D eigenvalue weighted by molar-refractivity contribution is -0.139. The molecular weight excluding hydrogens is 248 g/mol. The fraction of sp³-hybridized carbons (Fsp3) is 0.308. The molecule has 0 heterocycles. The van der Waals surface area contributed by atoms with E-state index in [1.165, 1.54) is 6.21 Å². The standard InChI is InChI=1S/C13H14N2O4/c16-12(17)8-19-11-4-2-1-3-10(11)7-14-15-13(18)9-5-6-9/h1-4,7,9H,5-6,8H2,(H,15,18)(H,16,17). The average Bonchev–Trinajstić information content (AvgIpc) is 3.21. The Morgan fingerprint density at radius 2 is 2.16 bits per heavy atom. The normalized spacial score (nSPS) is 14.3. The van der Waals surface area contributed by atoms with Gasteiger partial charge in [-0.3, -0.25) is 4.79 Å². The molecule has 0 saturated heterocycles. The quantitative estimate of drug-likeness (QED) is 0.591. The zero-order chi connectivity index (χ0) is 13.7. The van der Waals surface area contributed by atoms with Gasteiger partial charge in [0.1, 0.15) is 5.75 Å². The number of ether oxygens (including phenoxy) is 1. The summed E-state index contributed by atoms with van der Waals surface area (Å²) >= 11 is 0. The number of nitrogens with zero attached hydrogens (tertiary/aromatic N) is 1. The summed E-state index contributed by atoms with van der Waals surface area (Å²) in [5, 5.41) is 12.4. The topological polar surface area (TPSA) is 88.0 Å². The summed E-state index contributed by atoms with van der Waals surface area (Å²) in [4.78, 5) is 21.8. The first-order chi connectivity index (χ1) is 9.16. The fourth-order valence-corrected chi connectivity index (χ4v) is 1.46. The number of rotatable bonds is 6. The summed E-state index contributed by atoms with van der Waals surface area (Å²) < 4.78 is 5.11. The van der Waals surface area contributed by atoms with E-state index in [-0.39, 0.29) is 11.8 Å². The Morgan fingerprint density at radius 1 is 1.42 bits per heavy atom. The Morgan fingerprint density at radius 3 is 2.84 bits per heavy atom. The molecule has 0 bridgehead atoms. The maximum Gasteiger partial charge on any atom is 0.341 e. The number of nitrogens with one attached hydrogen (secondary N) is 1. The minimum Gasteiger partial charge on any atom is -0.481 e. The molecule has 1 aliphatic rings. The monoisotopic (exact) mass is 262 g/mol. The van der Waals surface area contributed by atoms with Crippen molar-refractivity contribution in [2.24, 2.45) is 11.0 Å². The number of aliphatic carboxylic acids is 1. The van der Waals surface area contributed by atoms with Crippen LogP contribution in [0.1, 0.15) is 18.4 Å². The summed E-state index contributed by atoms with van der Waals surface area (Å²) in [7, 11) is 0. The lowest BCUT2D eigenvalue weighted by Crippen LogP contribution is -2.19. The van der Waals surface area contributed by atoms with Crippen molar-refractivity contribution >= 4 is 18.1 Å². The second kappa shape index (κ2) is 5.99.